The lowest BCUT2D eigenvalue weighted by molar-refractivity contribution is -0.132. The molecular formula is C24H29N5O. The minimum atomic E-state index is 0.186. The van der Waals surface area contributed by atoms with Crippen LogP contribution in [0.3, 0.4) is 0 Å². The molecule has 1 amide bonds. The van der Waals surface area contributed by atoms with Crippen molar-refractivity contribution < 1.29 is 4.79 Å². The highest BCUT2D eigenvalue weighted by atomic mass is 16.2. The van der Waals surface area contributed by atoms with Crippen LogP contribution >= 0.6 is 0 Å². The normalized spacial score (nSPS) is 16.8. The van der Waals surface area contributed by atoms with Crippen LogP contribution in [0.15, 0.2) is 55.1 Å². The van der Waals surface area contributed by atoms with E-state index < -0.39 is 0 Å². The third-order valence-corrected chi connectivity index (χ3v) is 5.75. The first-order chi connectivity index (χ1) is 14.6. The van der Waals surface area contributed by atoms with Crippen LogP contribution in [0.5, 0.6) is 0 Å². The molecule has 1 fully saturated rings. The van der Waals surface area contributed by atoms with Gasteiger partial charge in [0.05, 0.1) is 5.69 Å². The lowest BCUT2D eigenvalue weighted by atomic mass is 9.93. The summed E-state index contributed by atoms with van der Waals surface area (Å²) in [6.45, 7) is 5.78. The summed E-state index contributed by atoms with van der Waals surface area (Å²) in [4.78, 5) is 28.7. The van der Waals surface area contributed by atoms with Crippen LogP contribution in [-0.4, -0.2) is 43.4 Å². The smallest absolute Gasteiger partial charge is 0.222 e. The van der Waals surface area contributed by atoms with Gasteiger partial charge in [-0.15, -0.1) is 0 Å². The number of likely N-dealkylation sites (tertiary alicyclic amines) is 1. The Morgan fingerprint density at radius 3 is 2.70 bits per heavy atom. The van der Waals surface area contributed by atoms with E-state index in [9.17, 15) is 4.79 Å². The standard InChI is InChI=1S/C24H29N5O/c1-18(2)23-27-14-16-29(23)24-22(25-12-13-26-24)20-9-6-15-28(17-20)21(30)11-10-19-7-4-3-5-8-19/h3-5,7-8,12-14,16,18,20H,6,9-11,15,17H2,1-2H3. The van der Waals surface area contributed by atoms with Crippen LogP contribution in [0.4, 0.5) is 0 Å². The number of benzene rings is 1. The minimum absolute atomic E-state index is 0.186. The van der Waals surface area contributed by atoms with Crippen LogP contribution in [0.2, 0.25) is 0 Å². The summed E-state index contributed by atoms with van der Waals surface area (Å²) in [5, 5.41) is 0. The highest BCUT2D eigenvalue weighted by Gasteiger charge is 2.28. The Labute approximate surface area is 178 Å². The summed E-state index contributed by atoms with van der Waals surface area (Å²) in [5.74, 6) is 2.51. The molecule has 6 heteroatoms. The van der Waals surface area contributed by atoms with Gasteiger partial charge in [-0.1, -0.05) is 44.2 Å². The molecule has 156 valence electrons. The van der Waals surface area contributed by atoms with Gasteiger partial charge < -0.3 is 4.90 Å². The summed E-state index contributed by atoms with van der Waals surface area (Å²) in [6, 6.07) is 10.2. The van der Waals surface area contributed by atoms with E-state index in [4.69, 9.17) is 4.98 Å². The molecule has 1 saturated heterocycles. The fraction of sp³-hybridized carbons (Fsp3) is 0.417. The predicted octanol–water partition coefficient (Wildman–Crippen LogP) is 4.12. The Bertz CT molecular complexity index is 982. The molecule has 1 unspecified atom stereocenters. The molecule has 1 aromatic carbocycles. The number of aromatic nitrogens is 4. The highest BCUT2D eigenvalue weighted by molar-refractivity contribution is 5.76. The second-order valence-corrected chi connectivity index (χ2v) is 8.24. The molecule has 1 aliphatic heterocycles. The topological polar surface area (TPSA) is 63.9 Å². The third kappa shape index (κ3) is 4.42. The van der Waals surface area contributed by atoms with Crippen molar-refractivity contribution in [1.82, 2.24) is 24.4 Å². The molecular weight excluding hydrogens is 374 g/mol. The fourth-order valence-electron chi connectivity index (χ4n) is 4.22. The Hall–Kier alpha value is -3.02. The molecule has 3 aromatic rings. The van der Waals surface area contributed by atoms with Crippen molar-refractivity contribution >= 4 is 5.91 Å². The number of piperidine rings is 1. The van der Waals surface area contributed by atoms with Crippen LogP contribution < -0.4 is 0 Å². The average molecular weight is 404 g/mol. The fourth-order valence-corrected chi connectivity index (χ4v) is 4.22. The summed E-state index contributed by atoms with van der Waals surface area (Å²) in [7, 11) is 0. The number of hydrogen-bond donors (Lipinski definition) is 0. The third-order valence-electron chi connectivity index (χ3n) is 5.75. The Morgan fingerprint density at radius 2 is 1.90 bits per heavy atom. The molecule has 1 atom stereocenters. The van der Waals surface area contributed by atoms with E-state index in [2.05, 4.69) is 35.9 Å². The largest absolute Gasteiger partial charge is 0.342 e. The minimum Gasteiger partial charge on any atom is -0.342 e. The first kappa shape index (κ1) is 20.3. The van der Waals surface area contributed by atoms with E-state index in [1.807, 2.05) is 40.1 Å². The second-order valence-electron chi connectivity index (χ2n) is 8.24. The van der Waals surface area contributed by atoms with Gasteiger partial charge in [-0.3, -0.25) is 14.3 Å². The maximum absolute atomic E-state index is 12.9. The highest BCUT2D eigenvalue weighted by Crippen LogP contribution is 2.30. The predicted molar refractivity (Wildman–Crippen MR) is 117 cm³/mol. The lowest BCUT2D eigenvalue weighted by Gasteiger charge is -2.33. The van der Waals surface area contributed by atoms with Crippen LogP contribution in [0.1, 0.15) is 62.0 Å². The van der Waals surface area contributed by atoms with E-state index in [0.717, 1.165) is 43.1 Å². The Morgan fingerprint density at radius 1 is 1.10 bits per heavy atom. The van der Waals surface area contributed by atoms with Crippen molar-refractivity contribution in [3.63, 3.8) is 0 Å². The van der Waals surface area contributed by atoms with Gasteiger partial charge in [0, 0.05) is 56.1 Å². The first-order valence-corrected chi connectivity index (χ1v) is 10.8. The van der Waals surface area contributed by atoms with E-state index in [0.29, 0.717) is 13.0 Å². The van der Waals surface area contributed by atoms with Gasteiger partial charge in [0.25, 0.3) is 0 Å². The zero-order valence-corrected chi connectivity index (χ0v) is 17.7. The van der Waals surface area contributed by atoms with Crippen molar-refractivity contribution in [3.8, 4) is 5.82 Å². The second kappa shape index (κ2) is 9.20. The van der Waals surface area contributed by atoms with Crippen molar-refractivity contribution in [1.29, 1.82) is 0 Å². The monoisotopic (exact) mass is 403 g/mol. The average Bonchev–Trinajstić information content (AvgIpc) is 3.28. The number of rotatable bonds is 6. The zero-order valence-electron chi connectivity index (χ0n) is 17.7. The van der Waals surface area contributed by atoms with Gasteiger partial charge in [0.2, 0.25) is 5.91 Å². The van der Waals surface area contributed by atoms with E-state index in [1.54, 1.807) is 12.4 Å². The lowest BCUT2D eigenvalue weighted by Crippen LogP contribution is -2.39. The molecule has 0 bridgehead atoms. The van der Waals surface area contributed by atoms with E-state index in [-0.39, 0.29) is 17.7 Å². The van der Waals surface area contributed by atoms with Gasteiger partial charge in [-0.25, -0.2) is 9.97 Å². The Balaban J connectivity index is 1.50. The van der Waals surface area contributed by atoms with Crippen molar-refractivity contribution in [2.24, 2.45) is 0 Å². The number of amides is 1. The quantitative estimate of drug-likeness (QED) is 0.621. The number of carbonyl (C=O) groups is 1. The maximum atomic E-state index is 12.9. The molecule has 3 heterocycles. The van der Waals surface area contributed by atoms with E-state index in [1.165, 1.54) is 5.56 Å². The number of aryl methyl sites for hydroxylation is 1. The van der Waals surface area contributed by atoms with Gasteiger partial charge in [-0.2, -0.15) is 0 Å². The van der Waals surface area contributed by atoms with Crippen LogP contribution in [0, 0.1) is 0 Å². The number of nitrogens with zero attached hydrogens (tertiary/aromatic N) is 5. The molecule has 6 nitrogen and oxygen atoms in total. The summed E-state index contributed by atoms with van der Waals surface area (Å²) >= 11 is 0. The van der Waals surface area contributed by atoms with Crippen molar-refractivity contribution in [2.45, 2.75) is 51.4 Å². The summed E-state index contributed by atoms with van der Waals surface area (Å²) in [5.41, 5.74) is 2.16. The summed E-state index contributed by atoms with van der Waals surface area (Å²) < 4.78 is 2.04. The molecule has 1 aliphatic rings. The molecule has 0 spiro atoms. The van der Waals surface area contributed by atoms with Crippen LogP contribution in [0.25, 0.3) is 5.82 Å². The zero-order chi connectivity index (χ0) is 20.9. The molecule has 0 saturated carbocycles. The first-order valence-electron chi connectivity index (χ1n) is 10.8. The SMILES string of the molecule is CC(C)c1nccn1-c1nccnc1C1CCCN(C(=O)CCc2ccccc2)C1. The number of imidazole rings is 1. The van der Waals surface area contributed by atoms with E-state index >= 15 is 0 Å². The van der Waals surface area contributed by atoms with Gasteiger partial charge in [-0.05, 0) is 24.8 Å². The Kier molecular flexibility index (Phi) is 6.21. The number of hydrogen-bond acceptors (Lipinski definition) is 4. The molecule has 0 radical (unpaired) electrons. The molecule has 0 aliphatic carbocycles. The molecule has 4 rings (SSSR count). The number of carbonyl (C=O) groups excluding carboxylic acids is 1. The molecule has 0 N–H and O–H groups in total. The van der Waals surface area contributed by atoms with Gasteiger partial charge >= 0.3 is 0 Å². The molecule has 2 aromatic heterocycles. The van der Waals surface area contributed by atoms with Crippen molar-refractivity contribution in [3.05, 3.63) is 72.2 Å². The van der Waals surface area contributed by atoms with Gasteiger partial charge in [0.1, 0.15) is 5.82 Å². The van der Waals surface area contributed by atoms with Gasteiger partial charge in [0.15, 0.2) is 5.82 Å². The van der Waals surface area contributed by atoms with Crippen molar-refractivity contribution in [2.75, 3.05) is 13.1 Å². The summed E-state index contributed by atoms with van der Waals surface area (Å²) in [6.07, 6.45) is 10.6. The van der Waals surface area contributed by atoms with Crippen LogP contribution in [-0.2, 0) is 11.2 Å². The maximum Gasteiger partial charge on any atom is 0.222 e. The molecule has 30 heavy (non-hydrogen) atoms.